The third-order valence-electron chi connectivity index (χ3n) is 2.82. The zero-order valence-electron chi connectivity index (χ0n) is 10.6. The molecule has 0 aliphatic carbocycles. The summed E-state index contributed by atoms with van der Waals surface area (Å²) >= 11 is 9.52. The van der Waals surface area contributed by atoms with Crippen molar-refractivity contribution >= 4 is 44.6 Å². The minimum absolute atomic E-state index is 0.132. The van der Waals surface area contributed by atoms with Crippen molar-refractivity contribution in [3.63, 3.8) is 0 Å². The van der Waals surface area contributed by atoms with Gasteiger partial charge in [0.1, 0.15) is 11.3 Å². The fourth-order valence-electron chi connectivity index (χ4n) is 2.07. The van der Waals surface area contributed by atoms with Crippen LogP contribution in [0, 0.1) is 0 Å². The predicted octanol–water partition coefficient (Wildman–Crippen LogP) is 2.93. The number of alkyl halides is 1. The highest BCUT2D eigenvalue weighted by atomic mass is 79.9. The number of carbonyl (C=O) groups excluding carboxylic acids is 1. The lowest BCUT2D eigenvalue weighted by Gasteiger charge is -2.16. The minimum Gasteiger partial charge on any atom is -0.370 e. The number of halogens is 2. The van der Waals surface area contributed by atoms with Crippen LogP contribution < -0.4 is 5.73 Å². The molecule has 0 bridgehead atoms. The fourth-order valence-corrected chi connectivity index (χ4v) is 2.55. The molecule has 2 unspecified atom stereocenters. The Morgan fingerprint density at radius 1 is 1.58 bits per heavy atom. The van der Waals surface area contributed by atoms with Gasteiger partial charge in [0, 0.05) is 23.1 Å². The second kappa shape index (κ2) is 5.46. The van der Waals surface area contributed by atoms with Gasteiger partial charge in [-0.15, -0.1) is 11.6 Å². The number of nitrogens with zero attached hydrogens (tertiary/aromatic N) is 3. The Morgan fingerprint density at radius 2 is 2.26 bits per heavy atom. The highest BCUT2D eigenvalue weighted by molar-refractivity contribution is 9.10. The summed E-state index contributed by atoms with van der Waals surface area (Å²) in [4.78, 5) is 19.9. The standard InChI is InChI=1S/C12H14BrClN4O/c1-6(3-10(15)19)18-11(7(2)14)17-9-4-8(13)5-16-12(9)18/h4-7H,3H2,1-2H3,(H2,15,19). The monoisotopic (exact) mass is 344 g/mol. The van der Waals surface area contributed by atoms with Crippen LogP contribution in [0.2, 0.25) is 0 Å². The van der Waals surface area contributed by atoms with Gasteiger partial charge in [-0.25, -0.2) is 9.97 Å². The number of hydrogen-bond acceptors (Lipinski definition) is 3. The van der Waals surface area contributed by atoms with E-state index in [0.717, 1.165) is 9.99 Å². The van der Waals surface area contributed by atoms with Crippen LogP contribution >= 0.6 is 27.5 Å². The van der Waals surface area contributed by atoms with E-state index >= 15 is 0 Å². The van der Waals surface area contributed by atoms with Crippen molar-refractivity contribution in [2.24, 2.45) is 5.73 Å². The molecular weight excluding hydrogens is 332 g/mol. The van der Waals surface area contributed by atoms with Crippen molar-refractivity contribution in [3.05, 3.63) is 22.6 Å². The average Bonchev–Trinajstić information content (AvgIpc) is 2.66. The summed E-state index contributed by atoms with van der Waals surface area (Å²) in [7, 11) is 0. The molecule has 2 aromatic heterocycles. The summed E-state index contributed by atoms with van der Waals surface area (Å²) in [6.45, 7) is 3.74. The van der Waals surface area contributed by atoms with Crippen LogP contribution in [0.4, 0.5) is 0 Å². The van der Waals surface area contributed by atoms with E-state index in [1.165, 1.54) is 0 Å². The summed E-state index contributed by atoms with van der Waals surface area (Å²) in [6, 6.07) is 1.74. The van der Waals surface area contributed by atoms with E-state index in [0.29, 0.717) is 11.5 Å². The maximum absolute atomic E-state index is 11.1. The van der Waals surface area contributed by atoms with Crippen molar-refractivity contribution in [2.75, 3.05) is 0 Å². The Hall–Kier alpha value is -1.14. The lowest BCUT2D eigenvalue weighted by molar-refractivity contribution is -0.118. The van der Waals surface area contributed by atoms with Gasteiger partial charge in [0.25, 0.3) is 0 Å². The van der Waals surface area contributed by atoms with Crippen LogP contribution in [0.1, 0.15) is 37.5 Å². The number of hydrogen-bond donors (Lipinski definition) is 1. The Kier molecular flexibility index (Phi) is 4.10. The van der Waals surface area contributed by atoms with E-state index in [2.05, 4.69) is 25.9 Å². The molecule has 0 saturated carbocycles. The summed E-state index contributed by atoms with van der Waals surface area (Å²) in [5, 5.41) is -0.275. The number of imidazole rings is 1. The van der Waals surface area contributed by atoms with Gasteiger partial charge in [0.05, 0.1) is 5.38 Å². The smallest absolute Gasteiger partial charge is 0.219 e. The molecule has 19 heavy (non-hydrogen) atoms. The van der Waals surface area contributed by atoms with Gasteiger partial charge in [-0.1, -0.05) is 0 Å². The van der Waals surface area contributed by atoms with Crippen molar-refractivity contribution in [3.8, 4) is 0 Å². The molecule has 5 nitrogen and oxygen atoms in total. The molecule has 0 radical (unpaired) electrons. The molecule has 0 aromatic carbocycles. The summed E-state index contributed by atoms with van der Waals surface area (Å²) in [5.41, 5.74) is 6.71. The first-order valence-electron chi connectivity index (χ1n) is 5.86. The van der Waals surface area contributed by atoms with E-state index in [-0.39, 0.29) is 23.7 Å². The molecule has 2 heterocycles. The molecule has 2 rings (SSSR count). The van der Waals surface area contributed by atoms with Crippen LogP contribution in [0.25, 0.3) is 11.2 Å². The normalized spacial score (nSPS) is 14.5. The van der Waals surface area contributed by atoms with Crippen molar-refractivity contribution in [1.29, 1.82) is 0 Å². The molecule has 0 aliphatic rings. The Balaban J connectivity index is 2.61. The Bertz CT molecular complexity index is 625. The van der Waals surface area contributed by atoms with Crippen molar-refractivity contribution in [1.82, 2.24) is 14.5 Å². The van der Waals surface area contributed by atoms with Gasteiger partial charge in [-0.3, -0.25) is 4.79 Å². The second-order valence-electron chi connectivity index (χ2n) is 4.47. The zero-order valence-corrected chi connectivity index (χ0v) is 12.9. The number of rotatable bonds is 4. The van der Waals surface area contributed by atoms with Crippen molar-refractivity contribution < 1.29 is 4.79 Å². The van der Waals surface area contributed by atoms with E-state index in [1.54, 1.807) is 6.20 Å². The molecule has 1 amide bonds. The zero-order chi connectivity index (χ0) is 14.2. The molecule has 0 aliphatic heterocycles. The predicted molar refractivity (Wildman–Crippen MR) is 78.0 cm³/mol. The Morgan fingerprint density at radius 3 is 2.84 bits per heavy atom. The molecule has 2 N–H and O–H groups in total. The van der Waals surface area contributed by atoms with Crippen LogP contribution in [0.3, 0.4) is 0 Å². The van der Waals surface area contributed by atoms with Crippen LogP contribution in [-0.2, 0) is 4.79 Å². The first kappa shape index (κ1) is 14.3. The first-order chi connectivity index (χ1) is 8.90. The number of aromatic nitrogens is 3. The maximum atomic E-state index is 11.1. The van der Waals surface area contributed by atoms with Crippen molar-refractivity contribution in [2.45, 2.75) is 31.7 Å². The number of amides is 1. The number of primary amides is 1. The lowest BCUT2D eigenvalue weighted by Crippen LogP contribution is -2.19. The van der Waals surface area contributed by atoms with Gasteiger partial charge in [0.2, 0.25) is 5.91 Å². The lowest BCUT2D eigenvalue weighted by atomic mass is 10.2. The van der Waals surface area contributed by atoms with Crippen LogP contribution in [0.5, 0.6) is 0 Å². The highest BCUT2D eigenvalue weighted by Gasteiger charge is 2.21. The third-order valence-corrected chi connectivity index (χ3v) is 3.45. The topological polar surface area (TPSA) is 73.8 Å². The Labute approximate surface area is 124 Å². The molecular formula is C12H14BrClN4O. The van der Waals surface area contributed by atoms with E-state index in [9.17, 15) is 4.79 Å². The number of fused-ring (bicyclic) bond motifs is 1. The third kappa shape index (κ3) is 2.90. The van der Waals surface area contributed by atoms with Gasteiger partial charge in [-0.05, 0) is 35.8 Å². The first-order valence-corrected chi connectivity index (χ1v) is 7.09. The molecule has 2 atom stereocenters. The average molecular weight is 346 g/mol. The summed E-state index contributed by atoms with van der Waals surface area (Å²) < 4.78 is 2.73. The van der Waals surface area contributed by atoms with Crippen LogP contribution in [0.15, 0.2) is 16.7 Å². The quantitative estimate of drug-likeness (QED) is 0.866. The highest BCUT2D eigenvalue weighted by Crippen LogP contribution is 2.29. The van der Waals surface area contributed by atoms with Gasteiger partial charge in [-0.2, -0.15) is 0 Å². The van der Waals surface area contributed by atoms with Crippen LogP contribution in [-0.4, -0.2) is 20.4 Å². The molecule has 2 aromatic rings. The number of pyridine rings is 1. The van der Waals surface area contributed by atoms with Gasteiger partial charge in [0.15, 0.2) is 5.65 Å². The maximum Gasteiger partial charge on any atom is 0.219 e. The fraction of sp³-hybridized carbons (Fsp3) is 0.417. The molecule has 7 heteroatoms. The molecule has 0 spiro atoms. The SMILES string of the molecule is CC(Cl)c1nc2cc(Br)cnc2n1C(C)CC(N)=O. The minimum atomic E-state index is -0.361. The summed E-state index contributed by atoms with van der Waals surface area (Å²) in [5.74, 6) is 0.329. The summed E-state index contributed by atoms with van der Waals surface area (Å²) in [6.07, 6.45) is 1.92. The van der Waals surface area contributed by atoms with E-state index in [4.69, 9.17) is 17.3 Å². The second-order valence-corrected chi connectivity index (χ2v) is 6.04. The number of carbonyl (C=O) groups is 1. The molecule has 0 saturated heterocycles. The van der Waals surface area contributed by atoms with Gasteiger partial charge < -0.3 is 10.3 Å². The number of nitrogens with two attached hydrogens (primary N) is 1. The van der Waals surface area contributed by atoms with E-state index < -0.39 is 0 Å². The van der Waals surface area contributed by atoms with Gasteiger partial charge >= 0.3 is 0 Å². The van der Waals surface area contributed by atoms with E-state index in [1.807, 2.05) is 24.5 Å². The molecule has 102 valence electrons. The largest absolute Gasteiger partial charge is 0.370 e. The molecule has 0 fully saturated rings.